The summed E-state index contributed by atoms with van der Waals surface area (Å²) < 4.78 is 31.8. The third-order valence-electron chi connectivity index (χ3n) is 2.81. The molecule has 1 aromatic heterocycles. The van der Waals surface area contributed by atoms with Crippen LogP contribution in [0.2, 0.25) is 0 Å². The van der Waals surface area contributed by atoms with E-state index in [1.165, 1.54) is 18.2 Å². The Morgan fingerprint density at radius 1 is 1.11 bits per heavy atom. The van der Waals surface area contributed by atoms with Gasteiger partial charge in [-0.1, -0.05) is 6.07 Å². The number of halogens is 2. The molecule has 2 rings (SSSR count). The summed E-state index contributed by atoms with van der Waals surface area (Å²) in [7, 11) is 0. The van der Waals surface area contributed by atoms with Crippen molar-refractivity contribution in [2.24, 2.45) is 0 Å². The molecule has 0 saturated carbocycles. The molecule has 0 aliphatic rings. The average Bonchev–Trinajstić information content (AvgIpc) is 2.84. The van der Waals surface area contributed by atoms with Crippen LogP contribution in [0.1, 0.15) is 17.7 Å². The molecule has 0 aliphatic carbocycles. The Morgan fingerprint density at radius 3 is 2.44 bits per heavy atom. The van der Waals surface area contributed by atoms with E-state index in [1.807, 2.05) is 0 Å². The smallest absolute Gasteiger partial charge is 0.129 e. The third-order valence-corrected chi connectivity index (χ3v) is 2.81. The van der Waals surface area contributed by atoms with E-state index in [1.54, 1.807) is 18.4 Å². The minimum Gasteiger partial charge on any atom is -0.469 e. The van der Waals surface area contributed by atoms with Gasteiger partial charge in [0.2, 0.25) is 0 Å². The lowest BCUT2D eigenvalue weighted by atomic mass is 10.0. The largest absolute Gasteiger partial charge is 0.469 e. The van der Waals surface area contributed by atoms with Crippen molar-refractivity contribution in [1.82, 2.24) is 0 Å². The lowest BCUT2D eigenvalue weighted by Gasteiger charge is -2.11. The van der Waals surface area contributed by atoms with Crippen LogP contribution in [-0.2, 0) is 12.8 Å². The number of rotatable bonds is 5. The van der Waals surface area contributed by atoms with Crippen molar-refractivity contribution in [2.75, 3.05) is 0 Å². The average molecular weight is 252 g/mol. The normalized spacial score (nSPS) is 12.6. The van der Waals surface area contributed by atoms with Crippen molar-refractivity contribution in [3.63, 3.8) is 0 Å². The van der Waals surface area contributed by atoms with E-state index in [9.17, 15) is 13.9 Å². The minimum atomic E-state index is -0.790. The molecule has 96 valence electrons. The second-order valence-corrected chi connectivity index (χ2v) is 4.18. The van der Waals surface area contributed by atoms with Crippen LogP contribution >= 0.6 is 0 Å². The number of aryl methyl sites for hydroxylation is 1. The first kappa shape index (κ1) is 12.8. The summed E-state index contributed by atoms with van der Waals surface area (Å²) in [6.07, 6.45) is 1.68. The van der Waals surface area contributed by atoms with Crippen molar-refractivity contribution in [1.29, 1.82) is 0 Å². The monoisotopic (exact) mass is 252 g/mol. The summed E-state index contributed by atoms with van der Waals surface area (Å²) >= 11 is 0. The summed E-state index contributed by atoms with van der Waals surface area (Å²) in [5, 5.41) is 9.78. The standard InChI is InChI=1S/C14H14F2O2/c15-13-4-1-5-14(16)12(13)9-10(17)6-7-11-3-2-8-18-11/h1-5,8,10,17H,6-7,9H2. The SMILES string of the molecule is OC(CCc1ccco1)Cc1c(F)cccc1F. The molecule has 1 atom stereocenters. The second-order valence-electron chi connectivity index (χ2n) is 4.18. The molecule has 0 fully saturated rings. The lowest BCUT2D eigenvalue weighted by Crippen LogP contribution is -2.13. The maximum absolute atomic E-state index is 13.4. The van der Waals surface area contributed by atoms with Crippen molar-refractivity contribution in [3.8, 4) is 0 Å². The molecular formula is C14H14F2O2. The Kier molecular flexibility index (Phi) is 4.10. The molecule has 0 amide bonds. The fraction of sp³-hybridized carbons (Fsp3) is 0.286. The molecule has 0 radical (unpaired) electrons. The fourth-order valence-corrected chi connectivity index (χ4v) is 1.83. The predicted molar refractivity (Wildman–Crippen MR) is 63.1 cm³/mol. The first-order valence-electron chi connectivity index (χ1n) is 5.80. The van der Waals surface area contributed by atoms with Crippen molar-refractivity contribution >= 4 is 0 Å². The molecule has 4 heteroatoms. The van der Waals surface area contributed by atoms with Crippen LogP contribution in [0.4, 0.5) is 8.78 Å². The Hall–Kier alpha value is -1.68. The fourth-order valence-electron chi connectivity index (χ4n) is 1.83. The highest BCUT2D eigenvalue weighted by Gasteiger charge is 2.14. The number of hydrogen-bond acceptors (Lipinski definition) is 2. The van der Waals surface area contributed by atoms with E-state index < -0.39 is 17.7 Å². The number of aliphatic hydroxyl groups is 1. The Balaban J connectivity index is 1.92. The number of hydrogen-bond donors (Lipinski definition) is 1. The highest BCUT2D eigenvalue weighted by molar-refractivity contribution is 5.20. The van der Waals surface area contributed by atoms with Gasteiger partial charge in [-0.25, -0.2) is 8.78 Å². The molecule has 2 aromatic rings. The van der Waals surface area contributed by atoms with Crippen molar-refractivity contribution in [2.45, 2.75) is 25.4 Å². The van der Waals surface area contributed by atoms with Crippen LogP contribution in [0.25, 0.3) is 0 Å². The highest BCUT2D eigenvalue weighted by Crippen LogP contribution is 2.16. The zero-order chi connectivity index (χ0) is 13.0. The van der Waals surface area contributed by atoms with Crippen molar-refractivity contribution < 1.29 is 18.3 Å². The molecule has 0 bridgehead atoms. The Morgan fingerprint density at radius 2 is 1.83 bits per heavy atom. The summed E-state index contributed by atoms with van der Waals surface area (Å²) in [6, 6.07) is 7.26. The molecule has 1 heterocycles. The number of benzene rings is 1. The predicted octanol–water partition coefficient (Wildman–Crippen LogP) is 3.09. The van der Waals surface area contributed by atoms with Crippen LogP contribution in [-0.4, -0.2) is 11.2 Å². The number of furan rings is 1. The molecular weight excluding hydrogens is 238 g/mol. The lowest BCUT2D eigenvalue weighted by molar-refractivity contribution is 0.160. The summed E-state index contributed by atoms with van der Waals surface area (Å²) in [4.78, 5) is 0. The molecule has 18 heavy (non-hydrogen) atoms. The van der Waals surface area contributed by atoms with Gasteiger partial charge < -0.3 is 9.52 Å². The van der Waals surface area contributed by atoms with Crippen molar-refractivity contribution in [3.05, 3.63) is 59.6 Å². The minimum absolute atomic E-state index is 0.0286. The van der Waals surface area contributed by atoms with Crippen LogP contribution in [0.5, 0.6) is 0 Å². The van der Waals surface area contributed by atoms with E-state index in [0.29, 0.717) is 12.8 Å². The highest BCUT2D eigenvalue weighted by atomic mass is 19.1. The molecule has 1 N–H and O–H groups in total. The first-order valence-corrected chi connectivity index (χ1v) is 5.80. The maximum atomic E-state index is 13.4. The zero-order valence-corrected chi connectivity index (χ0v) is 9.77. The molecule has 0 saturated heterocycles. The molecule has 2 nitrogen and oxygen atoms in total. The molecule has 1 aromatic carbocycles. The zero-order valence-electron chi connectivity index (χ0n) is 9.77. The second kappa shape index (κ2) is 5.78. The van der Waals surface area contributed by atoms with Crippen LogP contribution in [0, 0.1) is 11.6 Å². The third kappa shape index (κ3) is 3.17. The summed E-state index contributed by atoms with van der Waals surface area (Å²) in [6.45, 7) is 0. The Bertz CT molecular complexity index is 474. The quantitative estimate of drug-likeness (QED) is 0.887. The van der Waals surface area contributed by atoms with Gasteiger partial charge in [-0.05, 0) is 30.7 Å². The van der Waals surface area contributed by atoms with Gasteiger partial charge in [0.1, 0.15) is 17.4 Å². The Labute approximate surface area is 104 Å². The van der Waals surface area contributed by atoms with Gasteiger partial charge in [0, 0.05) is 18.4 Å². The van der Waals surface area contributed by atoms with Crippen LogP contribution in [0.3, 0.4) is 0 Å². The van der Waals surface area contributed by atoms with Gasteiger partial charge in [0.05, 0.1) is 12.4 Å². The summed E-state index contributed by atoms with van der Waals surface area (Å²) in [5.41, 5.74) is -0.0653. The van der Waals surface area contributed by atoms with Gasteiger partial charge >= 0.3 is 0 Å². The van der Waals surface area contributed by atoms with Crippen LogP contribution in [0.15, 0.2) is 41.0 Å². The first-order chi connectivity index (χ1) is 8.66. The van der Waals surface area contributed by atoms with E-state index in [0.717, 1.165) is 5.76 Å². The maximum Gasteiger partial charge on any atom is 0.129 e. The van der Waals surface area contributed by atoms with Gasteiger partial charge in [-0.2, -0.15) is 0 Å². The summed E-state index contributed by atoms with van der Waals surface area (Å²) in [5.74, 6) is -0.484. The van der Waals surface area contributed by atoms with Gasteiger partial charge in [0.15, 0.2) is 0 Å². The molecule has 0 spiro atoms. The van der Waals surface area contributed by atoms with Gasteiger partial charge in [0.25, 0.3) is 0 Å². The van der Waals surface area contributed by atoms with E-state index in [-0.39, 0.29) is 12.0 Å². The van der Waals surface area contributed by atoms with E-state index in [4.69, 9.17) is 4.42 Å². The molecule has 1 unspecified atom stereocenters. The molecule has 0 aliphatic heterocycles. The van der Waals surface area contributed by atoms with Crippen LogP contribution < -0.4 is 0 Å². The topological polar surface area (TPSA) is 33.4 Å². The van der Waals surface area contributed by atoms with Gasteiger partial charge in [-0.15, -0.1) is 0 Å². The van der Waals surface area contributed by atoms with E-state index >= 15 is 0 Å². The van der Waals surface area contributed by atoms with Gasteiger partial charge in [-0.3, -0.25) is 0 Å². The number of aliphatic hydroxyl groups excluding tert-OH is 1. The van der Waals surface area contributed by atoms with E-state index in [2.05, 4.69) is 0 Å².